The Morgan fingerprint density at radius 3 is 2.54 bits per heavy atom. The molecule has 28 heavy (non-hydrogen) atoms. The van der Waals surface area contributed by atoms with Crippen LogP contribution in [0.2, 0.25) is 0 Å². The Kier molecular flexibility index (Phi) is 11.4. The first-order chi connectivity index (χ1) is 13.0. The van der Waals surface area contributed by atoms with Gasteiger partial charge in [0.25, 0.3) is 0 Å². The first kappa shape index (κ1) is 24.7. The lowest BCUT2D eigenvalue weighted by Crippen LogP contribution is -2.42. The second-order valence-electron chi connectivity index (χ2n) is 7.18. The zero-order chi connectivity index (χ0) is 19.6. The highest BCUT2D eigenvalue weighted by molar-refractivity contribution is 14.0. The highest BCUT2D eigenvalue weighted by Gasteiger charge is 2.21. The lowest BCUT2D eigenvalue weighted by atomic mass is 10.2. The Labute approximate surface area is 187 Å². The molecule has 1 saturated heterocycles. The van der Waals surface area contributed by atoms with Crippen molar-refractivity contribution in [3.05, 3.63) is 29.8 Å². The van der Waals surface area contributed by atoms with Gasteiger partial charge in [0, 0.05) is 44.3 Å². The van der Waals surface area contributed by atoms with Crippen LogP contribution in [0, 0.1) is 0 Å². The lowest BCUT2D eigenvalue weighted by Gasteiger charge is -2.24. The number of amides is 1. The molecule has 0 saturated carbocycles. The number of nitrogens with zero attached hydrogens (tertiary/aromatic N) is 3. The maximum Gasteiger partial charge on any atom is 0.227 e. The summed E-state index contributed by atoms with van der Waals surface area (Å²) in [4.78, 5) is 20.7. The molecule has 0 bridgehead atoms. The number of nitrogens with one attached hydrogen (secondary N) is 2. The van der Waals surface area contributed by atoms with Gasteiger partial charge in [-0.1, -0.05) is 19.1 Å². The fourth-order valence-electron chi connectivity index (χ4n) is 3.10. The molecule has 0 spiro atoms. The van der Waals surface area contributed by atoms with E-state index in [-0.39, 0.29) is 29.9 Å². The average Bonchev–Trinajstić information content (AvgIpc) is 3.11. The molecule has 1 unspecified atom stereocenters. The van der Waals surface area contributed by atoms with E-state index in [4.69, 9.17) is 0 Å². The van der Waals surface area contributed by atoms with E-state index in [9.17, 15) is 4.79 Å². The number of hydrogen-bond donors (Lipinski definition) is 2. The molecular weight excluding hydrogens is 465 g/mol. The molecular formula is C21H36IN5O. The molecule has 2 N–H and O–H groups in total. The molecule has 0 aromatic heterocycles. The van der Waals surface area contributed by atoms with Crippen LogP contribution in [0.15, 0.2) is 29.3 Å². The standard InChI is InChI=1S/C21H35N5O.HI/c1-5-17(3)25(4)15-13-23-21(22-6-2)24-16-18-9-11-19(12-10-18)26-14-7-8-20(26)27;/h9-12,17H,5-8,13-16H2,1-4H3,(H2,22,23,24);1H. The maximum absolute atomic E-state index is 11.8. The second kappa shape index (κ2) is 13.0. The Morgan fingerprint density at radius 2 is 1.96 bits per heavy atom. The molecule has 1 aromatic carbocycles. The van der Waals surface area contributed by atoms with Gasteiger partial charge in [-0.05, 0) is 51.4 Å². The van der Waals surface area contributed by atoms with Crippen molar-refractivity contribution in [2.75, 3.05) is 38.1 Å². The minimum absolute atomic E-state index is 0. The highest BCUT2D eigenvalue weighted by Crippen LogP contribution is 2.21. The monoisotopic (exact) mass is 501 g/mol. The highest BCUT2D eigenvalue weighted by atomic mass is 127. The van der Waals surface area contributed by atoms with Crippen LogP contribution in [0.5, 0.6) is 0 Å². The number of carbonyl (C=O) groups excluding carboxylic acids is 1. The minimum atomic E-state index is 0. The number of rotatable bonds is 9. The maximum atomic E-state index is 11.8. The number of halogens is 1. The summed E-state index contributed by atoms with van der Waals surface area (Å²) < 4.78 is 0. The van der Waals surface area contributed by atoms with E-state index < -0.39 is 0 Å². The number of guanidine groups is 1. The number of carbonyl (C=O) groups is 1. The van der Waals surface area contributed by atoms with Gasteiger partial charge in [-0.15, -0.1) is 24.0 Å². The van der Waals surface area contributed by atoms with Gasteiger partial charge < -0.3 is 20.4 Å². The summed E-state index contributed by atoms with van der Waals surface area (Å²) in [5.74, 6) is 1.07. The van der Waals surface area contributed by atoms with Crippen molar-refractivity contribution in [1.29, 1.82) is 0 Å². The van der Waals surface area contributed by atoms with Crippen LogP contribution in [-0.4, -0.2) is 56.0 Å². The predicted molar refractivity (Wildman–Crippen MR) is 129 cm³/mol. The van der Waals surface area contributed by atoms with Gasteiger partial charge >= 0.3 is 0 Å². The summed E-state index contributed by atoms with van der Waals surface area (Å²) >= 11 is 0. The van der Waals surface area contributed by atoms with Crippen molar-refractivity contribution in [2.24, 2.45) is 4.99 Å². The number of aliphatic imine (C=N–C) groups is 1. The van der Waals surface area contributed by atoms with Crippen LogP contribution in [-0.2, 0) is 11.3 Å². The van der Waals surface area contributed by atoms with Crippen molar-refractivity contribution in [2.45, 2.75) is 52.6 Å². The van der Waals surface area contributed by atoms with E-state index in [1.54, 1.807) is 0 Å². The quantitative estimate of drug-likeness (QED) is 0.310. The third-order valence-corrected chi connectivity index (χ3v) is 5.19. The molecule has 1 amide bonds. The predicted octanol–water partition coefficient (Wildman–Crippen LogP) is 3.22. The number of likely N-dealkylation sites (N-methyl/N-ethyl adjacent to an activating group) is 1. The van der Waals surface area contributed by atoms with Crippen molar-refractivity contribution in [3.8, 4) is 0 Å². The molecule has 1 atom stereocenters. The van der Waals surface area contributed by atoms with Gasteiger partial charge in [0.15, 0.2) is 5.96 Å². The summed E-state index contributed by atoms with van der Waals surface area (Å²) in [6.07, 6.45) is 2.77. The number of hydrogen-bond acceptors (Lipinski definition) is 3. The zero-order valence-corrected chi connectivity index (χ0v) is 20.0. The number of benzene rings is 1. The van der Waals surface area contributed by atoms with Crippen LogP contribution >= 0.6 is 24.0 Å². The zero-order valence-electron chi connectivity index (χ0n) is 17.7. The molecule has 6 nitrogen and oxygen atoms in total. The van der Waals surface area contributed by atoms with Gasteiger partial charge in [0.2, 0.25) is 5.91 Å². The molecule has 1 fully saturated rings. The molecule has 1 aliphatic heterocycles. The van der Waals surface area contributed by atoms with Crippen molar-refractivity contribution >= 4 is 41.5 Å². The van der Waals surface area contributed by atoms with Crippen molar-refractivity contribution < 1.29 is 4.79 Å². The molecule has 158 valence electrons. The molecule has 1 aliphatic rings. The van der Waals surface area contributed by atoms with Crippen molar-refractivity contribution in [1.82, 2.24) is 15.5 Å². The first-order valence-corrected chi connectivity index (χ1v) is 10.2. The average molecular weight is 501 g/mol. The number of anilines is 1. The van der Waals surface area contributed by atoms with Gasteiger partial charge in [-0.25, -0.2) is 4.99 Å². The minimum Gasteiger partial charge on any atom is -0.357 e. The van der Waals surface area contributed by atoms with E-state index in [0.29, 0.717) is 19.0 Å². The molecule has 7 heteroatoms. The summed E-state index contributed by atoms with van der Waals surface area (Å²) in [6, 6.07) is 8.76. The summed E-state index contributed by atoms with van der Waals surface area (Å²) in [7, 11) is 2.16. The Hall–Kier alpha value is -1.35. The first-order valence-electron chi connectivity index (χ1n) is 10.2. The Balaban J connectivity index is 0.00000392. The van der Waals surface area contributed by atoms with E-state index in [1.165, 1.54) is 0 Å². The summed E-state index contributed by atoms with van der Waals surface area (Å²) in [6.45, 7) is 10.7. The van der Waals surface area contributed by atoms with Crippen LogP contribution in [0.25, 0.3) is 0 Å². The van der Waals surface area contributed by atoms with E-state index in [0.717, 1.165) is 56.2 Å². The molecule has 1 heterocycles. The van der Waals surface area contributed by atoms with Gasteiger partial charge in [-0.2, -0.15) is 0 Å². The van der Waals surface area contributed by atoms with Crippen LogP contribution < -0.4 is 15.5 Å². The largest absolute Gasteiger partial charge is 0.357 e. The lowest BCUT2D eigenvalue weighted by molar-refractivity contribution is -0.117. The SMILES string of the molecule is CCNC(=NCc1ccc(N2CCCC2=O)cc1)NCCN(C)C(C)CC.I. The van der Waals surface area contributed by atoms with Crippen LogP contribution in [0.1, 0.15) is 45.6 Å². The molecule has 2 rings (SSSR count). The van der Waals surface area contributed by atoms with E-state index in [1.807, 2.05) is 17.0 Å². The summed E-state index contributed by atoms with van der Waals surface area (Å²) in [5, 5.41) is 6.71. The molecule has 0 aliphatic carbocycles. The third-order valence-electron chi connectivity index (χ3n) is 5.19. The van der Waals surface area contributed by atoms with Crippen molar-refractivity contribution in [3.63, 3.8) is 0 Å². The molecule has 0 radical (unpaired) electrons. The second-order valence-corrected chi connectivity index (χ2v) is 7.18. The van der Waals surface area contributed by atoms with Gasteiger partial charge in [-0.3, -0.25) is 4.79 Å². The smallest absolute Gasteiger partial charge is 0.227 e. The third kappa shape index (κ3) is 7.58. The summed E-state index contributed by atoms with van der Waals surface area (Å²) in [5.41, 5.74) is 2.13. The molecule has 1 aromatic rings. The van der Waals surface area contributed by atoms with Crippen LogP contribution in [0.3, 0.4) is 0 Å². The van der Waals surface area contributed by atoms with E-state index in [2.05, 4.69) is 60.5 Å². The normalized spacial score (nSPS) is 15.5. The Morgan fingerprint density at radius 1 is 1.25 bits per heavy atom. The van der Waals surface area contributed by atoms with Gasteiger partial charge in [0.05, 0.1) is 6.54 Å². The topological polar surface area (TPSA) is 60.0 Å². The fourth-order valence-corrected chi connectivity index (χ4v) is 3.10. The van der Waals surface area contributed by atoms with Crippen LogP contribution in [0.4, 0.5) is 5.69 Å². The van der Waals surface area contributed by atoms with Gasteiger partial charge in [0.1, 0.15) is 0 Å². The Bertz CT molecular complexity index is 620. The fraction of sp³-hybridized carbons (Fsp3) is 0.619. The van der Waals surface area contributed by atoms with E-state index >= 15 is 0 Å².